The second kappa shape index (κ2) is 11.7. The van der Waals surface area contributed by atoms with Crippen molar-refractivity contribution in [2.45, 2.75) is 65.4 Å². The Bertz CT molecular complexity index is 1550. The summed E-state index contributed by atoms with van der Waals surface area (Å²) in [6, 6.07) is 2.42. The molecule has 2 aromatic heterocycles. The van der Waals surface area contributed by atoms with E-state index >= 15 is 0 Å². The highest BCUT2D eigenvalue weighted by molar-refractivity contribution is 5.92. The molecule has 0 bridgehead atoms. The second-order valence-corrected chi connectivity index (χ2v) is 9.57. The molecule has 0 fully saturated rings. The molecule has 3 aromatic rings. The second-order valence-electron chi connectivity index (χ2n) is 9.57. The number of nitrogens with one attached hydrogen (secondary N) is 1. The van der Waals surface area contributed by atoms with E-state index in [2.05, 4.69) is 11.1 Å². The summed E-state index contributed by atoms with van der Waals surface area (Å²) in [4.78, 5) is 39.5. The molecule has 0 saturated heterocycles. The van der Waals surface area contributed by atoms with Gasteiger partial charge in [-0.2, -0.15) is 0 Å². The first kappa shape index (κ1) is 29.1. The number of pyridine rings is 2. The number of aromatic nitrogens is 2. The van der Waals surface area contributed by atoms with Gasteiger partial charge < -0.3 is 35.7 Å². The SMILES string of the molecule is CC.Cc1c(F)cc2nc3c(c4c2c1CCC4)Cn1c-3cc2c(c1=O)COC(=O)C2O.NC(=O)NCC(O)CO. The van der Waals surface area contributed by atoms with Gasteiger partial charge in [0.2, 0.25) is 0 Å². The Labute approximate surface area is 229 Å². The zero-order valence-corrected chi connectivity index (χ0v) is 22.6. The van der Waals surface area contributed by atoms with Crippen LogP contribution in [0.3, 0.4) is 0 Å². The molecule has 0 saturated carbocycles. The number of primary amides is 1. The molecule has 0 spiro atoms. The molecule has 3 aliphatic rings. The van der Waals surface area contributed by atoms with Crippen LogP contribution in [0.2, 0.25) is 0 Å². The number of benzene rings is 1. The van der Waals surface area contributed by atoms with E-state index in [1.165, 1.54) is 6.07 Å². The topological polar surface area (TPSA) is 177 Å². The van der Waals surface area contributed by atoms with Crippen molar-refractivity contribution in [1.82, 2.24) is 14.9 Å². The van der Waals surface area contributed by atoms with E-state index < -0.39 is 24.2 Å². The van der Waals surface area contributed by atoms with Crippen LogP contribution >= 0.6 is 0 Å². The predicted octanol–water partition coefficient (Wildman–Crippen LogP) is 1.49. The molecule has 6 N–H and O–H groups in total. The standard InChI is InChI=1S/C22H17FN2O4.C4H10N2O3.C2H6/c1-9-10-3-2-4-11-13-7-25-17(19(13)24-16(18(10)11)6-15(9)23)5-12-14(21(25)27)8-29-22(28)20(12)26;5-4(9)6-1-3(8)2-7;1-2/h5-6,20,26H,2-4,7-8H2,1H3;3,7-8H,1-2H2,(H3,5,6,9);1-2H3. The van der Waals surface area contributed by atoms with Gasteiger partial charge in [0.05, 0.1) is 41.7 Å². The molecule has 1 aromatic carbocycles. The molecule has 1 aliphatic carbocycles. The number of esters is 1. The molecule has 11 nitrogen and oxygen atoms in total. The molecule has 0 radical (unpaired) electrons. The number of nitrogens with two attached hydrogens (primary N) is 1. The number of hydrogen-bond acceptors (Lipinski definition) is 8. The lowest BCUT2D eigenvalue weighted by atomic mass is 9.85. The Morgan fingerprint density at radius 1 is 1.23 bits per heavy atom. The maximum atomic E-state index is 14.5. The van der Waals surface area contributed by atoms with Gasteiger partial charge in [0.15, 0.2) is 6.10 Å². The van der Waals surface area contributed by atoms with Gasteiger partial charge in [-0.15, -0.1) is 0 Å². The van der Waals surface area contributed by atoms with E-state index in [0.29, 0.717) is 34.6 Å². The van der Waals surface area contributed by atoms with Crippen molar-refractivity contribution >= 4 is 22.9 Å². The summed E-state index contributed by atoms with van der Waals surface area (Å²) in [6.45, 7) is 5.66. The number of fused-ring (bicyclic) bond motifs is 5. The first-order chi connectivity index (χ1) is 19.1. The molecule has 6 rings (SSSR count). The van der Waals surface area contributed by atoms with Crippen LogP contribution in [-0.4, -0.2) is 56.1 Å². The van der Waals surface area contributed by atoms with Crippen LogP contribution in [0.25, 0.3) is 22.3 Å². The van der Waals surface area contributed by atoms with Gasteiger partial charge in [0.1, 0.15) is 12.4 Å². The third-order valence-corrected chi connectivity index (χ3v) is 7.26. The molecule has 40 heavy (non-hydrogen) atoms. The number of aryl methyl sites for hydroxylation is 2. The van der Waals surface area contributed by atoms with Crippen LogP contribution in [0.1, 0.15) is 59.8 Å². The summed E-state index contributed by atoms with van der Waals surface area (Å²) in [5.41, 5.74) is 10.5. The Morgan fingerprint density at radius 3 is 2.60 bits per heavy atom. The minimum Gasteiger partial charge on any atom is -0.458 e. The van der Waals surface area contributed by atoms with Crippen LogP contribution in [0.4, 0.5) is 9.18 Å². The molecule has 214 valence electrons. The largest absolute Gasteiger partial charge is 0.458 e. The van der Waals surface area contributed by atoms with Crippen molar-refractivity contribution in [3.63, 3.8) is 0 Å². The fraction of sp³-hybridized carbons (Fsp3) is 0.429. The smallest absolute Gasteiger partial charge is 0.340 e. The van der Waals surface area contributed by atoms with Crippen molar-refractivity contribution in [2.75, 3.05) is 13.2 Å². The van der Waals surface area contributed by atoms with Crippen LogP contribution in [-0.2, 0) is 35.5 Å². The van der Waals surface area contributed by atoms with E-state index in [0.717, 1.165) is 41.3 Å². The number of urea groups is 1. The molecule has 12 heteroatoms. The van der Waals surface area contributed by atoms with E-state index in [9.17, 15) is 23.9 Å². The first-order valence-electron chi connectivity index (χ1n) is 13.2. The lowest BCUT2D eigenvalue weighted by Gasteiger charge is -2.22. The minimum absolute atomic E-state index is 0.00810. The van der Waals surface area contributed by atoms with Crippen molar-refractivity contribution in [2.24, 2.45) is 5.73 Å². The molecule has 4 heterocycles. The van der Waals surface area contributed by atoms with E-state index in [1.807, 2.05) is 13.8 Å². The zero-order valence-electron chi connectivity index (χ0n) is 22.6. The minimum atomic E-state index is -1.48. The summed E-state index contributed by atoms with van der Waals surface area (Å²) in [5, 5.41) is 30.2. The highest BCUT2D eigenvalue weighted by Crippen LogP contribution is 2.41. The quantitative estimate of drug-likeness (QED) is 0.236. The Morgan fingerprint density at radius 2 is 1.93 bits per heavy atom. The van der Waals surface area contributed by atoms with Gasteiger partial charge in [0, 0.05) is 29.1 Å². The maximum Gasteiger partial charge on any atom is 0.340 e. The summed E-state index contributed by atoms with van der Waals surface area (Å²) < 4.78 is 21.1. The van der Waals surface area contributed by atoms with Crippen molar-refractivity contribution in [3.8, 4) is 11.4 Å². The van der Waals surface area contributed by atoms with E-state index in [4.69, 9.17) is 19.9 Å². The zero-order chi connectivity index (χ0) is 29.3. The third kappa shape index (κ3) is 5.05. The monoisotopic (exact) mass is 556 g/mol. The van der Waals surface area contributed by atoms with Gasteiger partial charge in [0.25, 0.3) is 5.56 Å². The van der Waals surface area contributed by atoms with Crippen LogP contribution in [0, 0.1) is 12.7 Å². The highest BCUT2D eigenvalue weighted by Gasteiger charge is 2.35. The van der Waals surface area contributed by atoms with E-state index in [-0.39, 0.29) is 36.7 Å². The number of cyclic esters (lactones) is 1. The maximum absolute atomic E-state index is 14.5. The lowest BCUT2D eigenvalue weighted by Crippen LogP contribution is -2.37. The summed E-state index contributed by atoms with van der Waals surface area (Å²) >= 11 is 0. The molecule has 2 aliphatic heterocycles. The Hall–Kier alpha value is -3.87. The number of rotatable bonds is 3. The summed E-state index contributed by atoms with van der Waals surface area (Å²) in [6.07, 6.45) is 0.197. The number of hydrogen-bond donors (Lipinski definition) is 5. The summed E-state index contributed by atoms with van der Waals surface area (Å²) in [7, 11) is 0. The average molecular weight is 557 g/mol. The van der Waals surface area contributed by atoms with Gasteiger partial charge in [-0.25, -0.2) is 19.0 Å². The van der Waals surface area contributed by atoms with Gasteiger partial charge >= 0.3 is 12.0 Å². The molecular formula is C28H33FN4O7. The number of halogens is 1. The van der Waals surface area contributed by atoms with Crippen molar-refractivity contribution in [1.29, 1.82) is 0 Å². The number of aliphatic hydroxyl groups is 3. The molecular weight excluding hydrogens is 523 g/mol. The highest BCUT2D eigenvalue weighted by atomic mass is 19.1. The Kier molecular flexibility index (Phi) is 8.52. The molecule has 2 atom stereocenters. The number of aliphatic hydroxyl groups excluding tert-OH is 3. The van der Waals surface area contributed by atoms with Gasteiger partial charge in [-0.1, -0.05) is 13.8 Å². The van der Waals surface area contributed by atoms with Crippen LogP contribution < -0.4 is 16.6 Å². The van der Waals surface area contributed by atoms with Crippen LogP contribution in [0.15, 0.2) is 16.9 Å². The van der Waals surface area contributed by atoms with Crippen molar-refractivity contribution in [3.05, 3.63) is 61.7 Å². The number of carbonyl (C=O) groups is 2. The predicted molar refractivity (Wildman–Crippen MR) is 144 cm³/mol. The van der Waals surface area contributed by atoms with Crippen molar-refractivity contribution < 1.29 is 34.0 Å². The number of carbonyl (C=O) groups excluding carboxylic acids is 2. The van der Waals surface area contributed by atoms with Crippen LogP contribution in [0.5, 0.6) is 0 Å². The summed E-state index contributed by atoms with van der Waals surface area (Å²) in [5.74, 6) is -1.03. The fourth-order valence-corrected chi connectivity index (χ4v) is 5.35. The molecule has 2 unspecified atom stereocenters. The normalized spacial score (nSPS) is 16.8. The number of ether oxygens (including phenoxy) is 1. The van der Waals surface area contributed by atoms with Gasteiger partial charge in [-0.05, 0) is 48.9 Å². The average Bonchev–Trinajstić information content (AvgIpc) is 3.33. The Balaban J connectivity index is 0.000000290. The first-order valence-corrected chi connectivity index (χ1v) is 13.2. The van der Waals surface area contributed by atoms with Gasteiger partial charge in [-0.3, -0.25) is 4.79 Å². The molecule has 2 amide bonds. The lowest BCUT2D eigenvalue weighted by molar-refractivity contribution is -0.157. The fourth-order valence-electron chi connectivity index (χ4n) is 5.35. The number of amides is 2. The van der Waals surface area contributed by atoms with E-state index in [1.54, 1.807) is 17.6 Å². The number of nitrogens with zero attached hydrogens (tertiary/aromatic N) is 2. The third-order valence-electron chi connectivity index (χ3n) is 7.26.